The van der Waals surface area contributed by atoms with Crippen molar-refractivity contribution in [2.24, 2.45) is 5.92 Å². The standard InChI is InChI=1S/C14H26N2O/c1-12(2)16(11-13-7-8-13)14(17)15-9-5-3-4-6-10-15/h12-13H,3-11H2,1-2H3. The average molecular weight is 238 g/mol. The van der Waals surface area contributed by atoms with Crippen molar-refractivity contribution in [2.45, 2.75) is 58.4 Å². The van der Waals surface area contributed by atoms with Gasteiger partial charge in [0.2, 0.25) is 0 Å². The summed E-state index contributed by atoms with van der Waals surface area (Å²) in [5, 5.41) is 0. The molecule has 0 spiro atoms. The minimum absolute atomic E-state index is 0.286. The molecule has 1 aliphatic carbocycles. The molecule has 0 N–H and O–H groups in total. The monoisotopic (exact) mass is 238 g/mol. The highest BCUT2D eigenvalue weighted by molar-refractivity contribution is 5.74. The van der Waals surface area contributed by atoms with Crippen LogP contribution in [0.25, 0.3) is 0 Å². The van der Waals surface area contributed by atoms with E-state index in [1.807, 2.05) is 0 Å². The molecule has 17 heavy (non-hydrogen) atoms. The Morgan fingerprint density at radius 3 is 2.24 bits per heavy atom. The van der Waals surface area contributed by atoms with E-state index in [-0.39, 0.29) is 6.03 Å². The Hall–Kier alpha value is -0.730. The van der Waals surface area contributed by atoms with E-state index in [0.29, 0.717) is 6.04 Å². The zero-order chi connectivity index (χ0) is 12.3. The lowest BCUT2D eigenvalue weighted by Crippen LogP contribution is -2.47. The van der Waals surface area contributed by atoms with Crippen molar-refractivity contribution in [2.75, 3.05) is 19.6 Å². The highest BCUT2D eigenvalue weighted by Crippen LogP contribution is 2.30. The lowest BCUT2D eigenvalue weighted by Gasteiger charge is -2.33. The normalized spacial score (nSPS) is 21.5. The summed E-state index contributed by atoms with van der Waals surface area (Å²) in [4.78, 5) is 16.7. The van der Waals surface area contributed by atoms with Crippen LogP contribution >= 0.6 is 0 Å². The predicted octanol–water partition coefficient (Wildman–Crippen LogP) is 3.10. The van der Waals surface area contributed by atoms with Gasteiger partial charge in [0.25, 0.3) is 0 Å². The van der Waals surface area contributed by atoms with Crippen LogP contribution in [0.2, 0.25) is 0 Å². The zero-order valence-corrected chi connectivity index (χ0v) is 11.3. The number of nitrogens with zero attached hydrogens (tertiary/aromatic N) is 2. The van der Waals surface area contributed by atoms with Crippen LogP contribution in [-0.4, -0.2) is 41.5 Å². The molecule has 1 heterocycles. The predicted molar refractivity (Wildman–Crippen MR) is 70.0 cm³/mol. The van der Waals surface area contributed by atoms with E-state index >= 15 is 0 Å². The molecule has 3 heteroatoms. The van der Waals surface area contributed by atoms with Crippen molar-refractivity contribution in [3.8, 4) is 0 Å². The molecule has 1 saturated heterocycles. The third-order valence-corrected chi connectivity index (χ3v) is 3.90. The molecule has 0 unspecified atom stereocenters. The number of hydrogen-bond acceptors (Lipinski definition) is 1. The summed E-state index contributed by atoms with van der Waals surface area (Å²) in [5.41, 5.74) is 0. The number of hydrogen-bond donors (Lipinski definition) is 0. The van der Waals surface area contributed by atoms with E-state index in [1.54, 1.807) is 0 Å². The Kier molecular flexibility index (Phi) is 4.30. The highest BCUT2D eigenvalue weighted by atomic mass is 16.2. The Bertz CT molecular complexity index is 253. The maximum absolute atomic E-state index is 12.5. The van der Waals surface area contributed by atoms with Crippen LogP contribution in [0.3, 0.4) is 0 Å². The zero-order valence-electron chi connectivity index (χ0n) is 11.3. The van der Waals surface area contributed by atoms with Crippen LogP contribution in [0.5, 0.6) is 0 Å². The van der Waals surface area contributed by atoms with Gasteiger partial charge in [0.1, 0.15) is 0 Å². The molecular formula is C14H26N2O. The quantitative estimate of drug-likeness (QED) is 0.741. The summed E-state index contributed by atoms with van der Waals surface area (Å²) in [7, 11) is 0. The topological polar surface area (TPSA) is 23.6 Å². The first-order valence-electron chi connectivity index (χ1n) is 7.24. The second-order valence-corrected chi connectivity index (χ2v) is 5.87. The van der Waals surface area contributed by atoms with Gasteiger partial charge < -0.3 is 9.80 Å². The molecule has 1 saturated carbocycles. The molecule has 3 nitrogen and oxygen atoms in total. The number of urea groups is 1. The lowest BCUT2D eigenvalue weighted by atomic mass is 10.2. The molecule has 0 radical (unpaired) electrons. The SMILES string of the molecule is CC(C)N(CC1CC1)C(=O)N1CCCCCC1. The summed E-state index contributed by atoms with van der Waals surface area (Å²) in [6.45, 7) is 7.18. The molecule has 0 aromatic rings. The molecule has 0 aromatic carbocycles. The first-order valence-corrected chi connectivity index (χ1v) is 7.24. The van der Waals surface area contributed by atoms with Crippen molar-refractivity contribution >= 4 is 6.03 Å². The number of likely N-dealkylation sites (tertiary alicyclic amines) is 1. The molecule has 2 fully saturated rings. The molecule has 2 rings (SSSR count). The van der Waals surface area contributed by atoms with Gasteiger partial charge in [-0.05, 0) is 45.4 Å². The van der Waals surface area contributed by atoms with Crippen molar-refractivity contribution < 1.29 is 4.79 Å². The van der Waals surface area contributed by atoms with E-state index < -0.39 is 0 Å². The third-order valence-electron chi connectivity index (χ3n) is 3.90. The van der Waals surface area contributed by atoms with Gasteiger partial charge in [-0.15, -0.1) is 0 Å². The van der Waals surface area contributed by atoms with Crippen LogP contribution in [-0.2, 0) is 0 Å². The van der Waals surface area contributed by atoms with Crippen molar-refractivity contribution in [1.29, 1.82) is 0 Å². The molecule has 0 atom stereocenters. The van der Waals surface area contributed by atoms with Crippen LogP contribution in [0, 0.1) is 5.92 Å². The van der Waals surface area contributed by atoms with E-state index in [1.165, 1.54) is 38.5 Å². The summed E-state index contributed by atoms with van der Waals surface area (Å²) in [6, 6.07) is 0.625. The molecule has 0 aromatic heterocycles. The van der Waals surface area contributed by atoms with Crippen LogP contribution < -0.4 is 0 Å². The van der Waals surface area contributed by atoms with Gasteiger partial charge in [0, 0.05) is 25.7 Å². The second kappa shape index (κ2) is 5.74. The summed E-state index contributed by atoms with van der Waals surface area (Å²) < 4.78 is 0. The molecule has 0 bridgehead atoms. The molecule has 98 valence electrons. The molecule has 2 aliphatic rings. The van der Waals surface area contributed by atoms with Gasteiger partial charge in [-0.2, -0.15) is 0 Å². The van der Waals surface area contributed by atoms with Crippen LogP contribution in [0.15, 0.2) is 0 Å². The molecule has 2 amide bonds. The Morgan fingerprint density at radius 1 is 1.18 bits per heavy atom. The second-order valence-electron chi connectivity index (χ2n) is 5.87. The number of amides is 2. The van der Waals surface area contributed by atoms with Gasteiger partial charge in [0.05, 0.1) is 0 Å². The summed E-state index contributed by atoms with van der Waals surface area (Å²) >= 11 is 0. The minimum atomic E-state index is 0.286. The smallest absolute Gasteiger partial charge is 0.320 e. The number of rotatable bonds is 3. The van der Waals surface area contributed by atoms with Gasteiger partial charge >= 0.3 is 6.03 Å². The Labute approximate surface area is 105 Å². The third kappa shape index (κ3) is 3.62. The summed E-state index contributed by atoms with van der Waals surface area (Å²) in [5.74, 6) is 0.785. The minimum Gasteiger partial charge on any atom is -0.325 e. The van der Waals surface area contributed by atoms with Gasteiger partial charge in [-0.1, -0.05) is 12.8 Å². The first kappa shape index (κ1) is 12.7. The van der Waals surface area contributed by atoms with E-state index in [2.05, 4.69) is 23.6 Å². The first-order chi connectivity index (χ1) is 8.18. The largest absolute Gasteiger partial charge is 0.325 e. The van der Waals surface area contributed by atoms with Gasteiger partial charge in [0.15, 0.2) is 0 Å². The lowest BCUT2D eigenvalue weighted by molar-refractivity contribution is 0.139. The number of carbonyl (C=O) groups is 1. The maximum Gasteiger partial charge on any atom is 0.320 e. The van der Waals surface area contributed by atoms with Crippen LogP contribution in [0.1, 0.15) is 52.4 Å². The van der Waals surface area contributed by atoms with Gasteiger partial charge in [-0.3, -0.25) is 0 Å². The Morgan fingerprint density at radius 2 is 1.76 bits per heavy atom. The van der Waals surface area contributed by atoms with Crippen molar-refractivity contribution in [3.63, 3.8) is 0 Å². The fourth-order valence-electron chi connectivity index (χ4n) is 2.53. The summed E-state index contributed by atoms with van der Waals surface area (Å²) in [6.07, 6.45) is 7.57. The van der Waals surface area contributed by atoms with E-state index in [4.69, 9.17) is 0 Å². The molecule has 1 aliphatic heterocycles. The molecular weight excluding hydrogens is 212 g/mol. The number of carbonyl (C=O) groups excluding carboxylic acids is 1. The van der Waals surface area contributed by atoms with Crippen LogP contribution in [0.4, 0.5) is 4.79 Å². The van der Waals surface area contributed by atoms with E-state index in [9.17, 15) is 4.79 Å². The highest BCUT2D eigenvalue weighted by Gasteiger charge is 2.30. The van der Waals surface area contributed by atoms with E-state index in [0.717, 1.165) is 25.6 Å². The maximum atomic E-state index is 12.5. The fraction of sp³-hybridized carbons (Fsp3) is 0.929. The Balaban J connectivity index is 1.93. The fourth-order valence-corrected chi connectivity index (χ4v) is 2.53. The van der Waals surface area contributed by atoms with Crippen molar-refractivity contribution in [1.82, 2.24) is 9.80 Å². The van der Waals surface area contributed by atoms with Crippen molar-refractivity contribution in [3.05, 3.63) is 0 Å². The van der Waals surface area contributed by atoms with Gasteiger partial charge in [-0.25, -0.2) is 4.79 Å². The average Bonchev–Trinajstić information content (AvgIpc) is 3.11.